The zero-order chi connectivity index (χ0) is 17.8. The first kappa shape index (κ1) is 16.6. The molecule has 0 bridgehead atoms. The Hall–Kier alpha value is -3.22. The van der Waals surface area contributed by atoms with Gasteiger partial charge in [-0.2, -0.15) is 9.97 Å². The molecule has 0 amide bonds. The van der Waals surface area contributed by atoms with E-state index >= 15 is 0 Å². The third kappa shape index (κ3) is 3.50. The fourth-order valence-corrected chi connectivity index (χ4v) is 2.69. The van der Waals surface area contributed by atoms with Crippen LogP contribution in [0, 0.1) is 13.8 Å². The van der Waals surface area contributed by atoms with Gasteiger partial charge in [0, 0.05) is 24.5 Å². The van der Waals surface area contributed by atoms with Gasteiger partial charge >= 0.3 is 5.69 Å². The van der Waals surface area contributed by atoms with Gasteiger partial charge in [-0.25, -0.2) is 4.79 Å². The molecule has 0 saturated heterocycles. The summed E-state index contributed by atoms with van der Waals surface area (Å²) in [6, 6.07) is 9.61. The number of hydrogen-bond acceptors (Lipinski definition) is 6. The predicted octanol–water partition coefficient (Wildman–Crippen LogP) is 2.78. The fourth-order valence-electron chi connectivity index (χ4n) is 2.69. The van der Waals surface area contributed by atoms with Crippen molar-refractivity contribution >= 4 is 11.6 Å². The zero-order valence-corrected chi connectivity index (χ0v) is 14.4. The summed E-state index contributed by atoms with van der Waals surface area (Å²) in [4.78, 5) is 25.0. The standard InChI is InChI=1S/C18H20N6O/c1-4-24-16(15-12(2)6-5-7-13(15)3)20-17(21-18(24)25)23-22-14-8-10-19-11-9-14/h5-11H,4H2,1-3H3,(H,19,22)(H,21,23,25). The first-order valence-electron chi connectivity index (χ1n) is 8.07. The predicted molar refractivity (Wildman–Crippen MR) is 98.4 cm³/mol. The molecule has 7 nitrogen and oxygen atoms in total. The van der Waals surface area contributed by atoms with Crippen molar-refractivity contribution in [3.05, 3.63) is 64.3 Å². The number of benzene rings is 1. The molecule has 0 aliphatic carbocycles. The number of aryl methyl sites for hydroxylation is 2. The summed E-state index contributed by atoms with van der Waals surface area (Å²) in [6.45, 7) is 6.43. The second-order valence-electron chi connectivity index (χ2n) is 5.65. The fraction of sp³-hybridized carbons (Fsp3) is 0.222. The molecular weight excluding hydrogens is 316 g/mol. The van der Waals surface area contributed by atoms with Gasteiger partial charge in [0.1, 0.15) is 5.82 Å². The maximum Gasteiger partial charge on any atom is 0.352 e. The lowest BCUT2D eigenvalue weighted by molar-refractivity contribution is 0.687. The smallest absolute Gasteiger partial charge is 0.298 e. The van der Waals surface area contributed by atoms with Crippen LogP contribution >= 0.6 is 0 Å². The van der Waals surface area contributed by atoms with Crippen molar-refractivity contribution in [3.63, 3.8) is 0 Å². The quantitative estimate of drug-likeness (QED) is 0.697. The van der Waals surface area contributed by atoms with Gasteiger partial charge in [-0.1, -0.05) is 18.2 Å². The number of anilines is 2. The number of hydrogen-bond donors (Lipinski definition) is 2. The van der Waals surface area contributed by atoms with Gasteiger partial charge in [-0.15, -0.1) is 0 Å². The monoisotopic (exact) mass is 336 g/mol. The Bertz CT molecular complexity index is 916. The summed E-state index contributed by atoms with van der Waals surface area (Å²) < 4.78 is 1.58. The van der Waals surface area contributed by atoms with Crippen molar-refractivity contribution < 1.29 is 0 Å². The molecule has 1 aromatic carbocycles. The summed E-state index contributed by atoms with van der Waals surface area (Å²) >= 11 is 0. The number of hydrazine groups is 1. The Labute approximate surface area is 145 Å². The topological polar surface area (TPSA) is 84.7 Å². The van der Waals surface area contributed by atoms with Gasteiger partial charge in [0.25, 0.3) is 0 Å². The van der Waals surface area contributed by atoms with Crippen LogP contribution < -0.4 is 16.5 Å². The first-order chi connectivity index (χ1) is 12.1. The Balaban J connectivity index is 2.03. The van der Waals surface area contributed by atoms with Gasteiger partial charge < -0.3 is 0 Å². The third-order valence-corrected chi connectivity index (χ3v) is 3.92. The Morgan fingerprint density at radius 1 is 1.00 bits per heavy atom. The van der Waals surface area contributed by atoms with Crippen LogP contribution in [-0.4, -0.2) is 19.5 Å². The Kier molecular flexibility index (Phi) is 4.74. The molecule has 0 aliphatic rings. The summed E-state index contributed by atoms with van der Waals surface area (Å²) in [7, 11) is 0. The average molecular weight is 336 g/mol. The van der Waals surface area contributed by atoms with Crippen LogP contribution in [0.5, 0.6) is 0 Å². The summed E-state index contributed by atoms with van der Waals surface area (Å²) in [5, 5.41) is 0. The molecule has 25 heavy (non-hydrogen) atoms. The van der Waals surface area contributed by atoms with Gasteiger partial charge in [0.15, 0.2) is 0 Å². The number of nitrogens with one attached hydrogen (secondary N) is 2. The van der Waals surface area contributed by atoms with Crippen LogP contribution in [0.3, 0.4) is 0 Å². The third-order valence-electron chi connectivity index (χ3n) is 3.92. The maximum atomic E-state index is 12.4. The first-order valence-corrected chi connectivity index (χ1v) is 8.07. The lowest BCUT2D eigenvalue weighted by Gasteiger charge is -2.16. The number of nitrogens with zero attached hydrogens (tertiary/aromatic N) is 4. The molecule has 0 radical (unpaired) electrons. The minimum absolute atomic E-state index is 0.226. The van der Waals surface area contributed by atoms with Gasteiger partial charge in [-0.3, -0.25) is 20.4 Å². The van der Waals surface area contributed by atoms with Crippen LogP contribution in [0.1, 0.15) is 18.1 Å². The molecule has 3 rings (SSSR count). The number of pyridine rings is 1. The van der Waals surface area contributed by atoms with Crippen LogP contribution in [0.25, 0.3) is 11.4 Å². The molecule has 2 N–H and O–H groups in total. The number of aromatic nitrogens is 4. The molecule has 2 heterocycles. The highest BCUT2D eigenvalue weighted by Gasteiger charge is 2.15. The van der Waals surface area contributed by atoms with Gasteiger partial charge in [0.05, 0.1) is 5.69 Å². The molecule has 0 atom stereocenters. The molecular formula is C18H20N6O. The van der Waals surface area contributed by atoms with Gasteiger partial charge in [-0.05, 0) is 44.0 Å². The van der Waals surface area contributed by atoms with Crippen molar-refractivity contribution in [3.8, 4) is 11.4 Å². The normalized spacial score (nSPS) is 10.5. The lowest BCUT2D eigenvalue weighted by Crippen LogP contribution is -2.28. The van der Waals surface area contributed by atoms with Crippen molar-refractivity contribution in [2.24, 2.45) is 0 Å². The molecule has 128 valence electrons. The highest BCUT2D eigenvalue weighted by atomic mass is 16.1. The Morgan fingerprint density at radius 2 is 1.68 bits per heavy atom. The molecule has 2 aromatic heterocycles. The van der Waals surface area contributed by atoms with E-state index in [-0.39, 0.29) is 11.6 Å². The van der Waals surface area contributed by atoms with E-state index in [0.29, 0.717) is 12.4 Å². The maximum absolute atomic E-state index is 12.4. The van der Waals surface area contributed by atoms with Gasteiger partial charge in [0.2, 0.25) is 5.95 Å². The summed E-state index contributed by atoms with van der Waals surface area (Å²) in [5.74, 6) is 0.835. The molecule has 0 fully saturated rings. The second-order valence-corrected chi connectivity index (χ2v) is 5.65. The molecule has 0 unspecified atom stereocenters. The summed E-state index contributed by atoms with van der Waals surface area (Å²) in [5.41, 5.74) is 9.40. The van der Waals surface area contributed by atoms with Crippen LogP contribution in [-0.2, 0) is 6.54 Å². The number of rotatable bonds is 5. The van der Waals surface area contributed by atoms with Crippen LogP contribution in [0.4, 0.5) is 11.6 Å². The zero-order valence-electron chi connectivity index (χ0n) is 14.4. The minimum Gasteiger partial charge on any atom is -0.298 e. The molecule has 0 aliphatic heterocycles. The second kappa shape index (κ2) is 7.12. The van der Waals surface area contributed by atoms with E-state index in [1.165, 1.54) is 0 Å². The summed E-state index contributed by atoms with van der Waals surface area (Å²) in [6.07, 6.45) is 3.34. The molecule has 3 aromatic rings. The molecule has 7 heteroatoms. The van der Waals surface area contributed by atoms with E-state index in [9.17, 15) is 4.79 Å². The van der Waals surface area contributed by atoms with E-state index in [0.717, 1.165) is 22.4 Å². The Morgan fingerprint density at radius 3 is 2.32 bits per heavy atom. The minimum atomic E-state index is -0.339. The molecule has 0 saturated carbocycles. The highest BCUT2D eigenvalue weighted by Crippen LogP contribution is 2.25. The van der Waals surface area contributed by atoms with Crippen molar-refractivity contribution in [2.45, 2.75) is 27.3 Å². The van der Waals surface area contributed by atoms with Crippen LogP contribution in [0.15, 0.2) is 47.5 Å². The largest absolute Gasteiger partial charge is 0.352 e. The molecule has 0 spiro atoms. The van der Waals surface area contributed by atoms with Crippen molar-refractivity contribution in [1.82, 2.24) is 19.5 Å². The van der Waals surface area contributed by atoms with E-state index in [1.54, 1.807) is 29.1 Å². The van der Waals surface area contributed by atoms with Crippen molar-refractivity contribution in [2.75, 3.05) is 10.9 Å². The van der Waals surface area contributed by atoms with Crippen LogP contribution in [0.2, 0.25) is 0 Å². The van der Waals surface area contributed by atoms with Crippen molar-refractivity contribution in [1.29, 1.82) is 0 Å². The van der Waals surface area contributed by atoms with E-state index in [4.69, 9.17) is 0 Å². The van der Waals surface area contributed by atoms with E-state index in [2.05, 4.69) is 25.8 Å². The van der Waals surface area contributed by atoms with E-state index in [1.807, 2.05) is 39.0 Å². The average Bonchev–Trinajstić information content (AvgIpc) is 2.60. The lowest BCUT2D eigenvalue weighted by atomic mass is 10.0. The SMILES string of the molecule is CCn1c(-c2c(C)cccc2C)nc(NNc2ccncc2)nc1=O. The van der Waals surface area contributed by atoms with E-state index < -0.39 is 0 Å². The highest BCUT2D eigenvalue weighted by molar-refractivity contribution is 5.65.